The topological polar surface area (TPSA) is 79.2 Å². The number of amides is 1. The summed E-state index contributed by atoms with van der Waals surface area (Å²) in [7, 11) is 3.80. The summed E-state index contributed by atoms with van der Waals surface area (Å²) in [5.74, 6) is 1.60. The average Bonchev–Trinajstić information content (AvgIpc) is 3.14. The normalized spacial score (nSPS) is 17.3. The van der Waals surface area contributed by atoms with Gasteiger partial charge in [-0.15, -0.1) is 5.10 Å². The van der Waals surface area contributed by atoms with E-state index in [0.717, 1.165) is 43.3 Å². The van der Waals surface area contributed by atoms with Crippen LogP contribution in [0.1, 0.15) is 18.5 Å². The second kappa shape index (κ2) is 7.60. The Balaban J connectivity index is 1.54. The summed E-state index contributed by atoms with van der Waals surface area (Å²) >= 11 is 0. The maximum atomic E-state index is 12.3. The van der Waals surface area contributed by atoms with Crippen LogP contribution in [0.15, 0.2) is 24.4 Å². The monoisotopic (exact) mass is 343 g/mol. The third-order valence-corrected chi connectivity index (χ3v) is 4.44. The second-order valence-corrected chi connectivity index (χ2v) is 6.61. The molecule has 8 heteroatoms. The van der Waals surface area contributed by atoms with E-state index in [1.165, 1.54) is 0 Å². The van der Waals surface area contributed by atoms with E-state index in [0.29, 0.717) is 12.6 Å². The Morgan fingerprint density at radius 1 is 1.48 bits per heavy atom. The second-order valence-electron chi connectivity index (χ2n) is 6.61. The van der Waals surface area contributed by atoms with Crippen LogP contribution in [0.25, 0.3) is 0 Å². The van der Waals surface area contributed by atoms with Crippen molar-refractivity contribution in [3.8, 4) is 0 Å². The van der Waals surface area contributed by atoms with E-state index < -0.39 is 0 Å². The Hall–Kier alpha value is -2.48. The highest BCUT2D eigenvalue weighted by atomic mass is 16.2. The number of likely N-dealkylation sites (N-methyl/N-ethyl adjacent to an activating group) is 1. The van der Waals surface area contributed by atoms with Gasteiger partial charge in [0.2, 0.25) is 5.91 Å². The van der Waals surface area contributed by atoms with Gasteiger partial charge in [-0.2, -0.15) is 10.2 Å². The first-order chi connectivity index (χ1) is 12.0. The van der Waals surface area contributed by atoms with E-state index in [-0.39, 0.29) is 5.91 Å². The minimum atomic E-state index is -0.0328. The summed E-state index contributed by atoms with van der Waals surface area (Å²) in [4.78, 5) is 16.6. The molecule has 1 N–H and O–H groups in total. The van der Waals surface area contributed by atoms with Crippen LogP contribution in [0.3, 0.4) is 0 Å². The highest BCUT2D eigenvalue weighted by molar-refractivity contribution is 5.91. The number of hydrogen-bond donors (Lipinski definition) is 1. The fourth-order valence-corrected chi connectivity index (χ4v) is 3.35. The van der Waals surface area contributed by atoms with Gasteiger partial charge in [0.1, 0.15) is 5.82 Å². The van der Waals surface area contributed by atoms with E-state index >= 15 is 0 Å². The van der Waals surface area contributed by atoms with Crippen molar-refractivity contribution in [3.63, 3.8) is 0 Å². The van der Waals surface area contributed by atoms with Crippen LogP contribution in [-0.2, 0) is 11.8 Å². The van der Waals surface area contributed by atoms with Gasteiger partial charge in [0, 0.05) is 38.4 Å². The molecular formula is C17H25N7O. The Kier molecular flexibility index (Phi) is 5.28. The zero-order valence-electron chi connectivity index (χ0n) is 15.0. The van der Waals surface area contributed by atoms with Crippen LogP contribution in [0, 0.1) is 6.92 Å². The summed E-state index contributed by atoms with van der Waals surface area (Å²) in [6, 6.07) is 6.12. The van der Waals surface area contributed by atoms with Gasteiger partial charge in [-0.25, -0.2) is 0 Å². The average molecular weight is 343 g/mol. The number of carbonyl (C=O) groups excluding carboxylic acids is 1. The molecule has 8 nitrogen and oxygen atoms in total. The fraction of sp³-hybridized carbons (Fsp3) is 0.529. The zero-order valence-corrected chi connectivity index (χ0v) is 15.0. The molecule has 1 saturated heterocycles. The molecular weight excluding hydrogens is 318 g/mol. The molecule has 1 aliphatic rings. The quantitative estimate of drug-likeness (QED) is 0.845. The number of rotatable bonds is 6. The molecule has 0 saturated carbocycles. The molecule has 0 aliphatic carbocycles. The smallest absolute Gasteiger partial charge is 0.239 e. The summed E-state index contributed by atoms with van der Waals surface area (Å²) in [5.41, 5.74) is 0.886. The van der Waals surface area contributed by atoms with Crippen LogP contribution in [-0.4, -0.2) is 63.5 Å². The molecule has 1 amide bonds. The highest BCUT2D eigenvalue weighted by Crippen LogP contribution is 2.23. The van der Waals surface area contributed by atoms with Crippen molar-refractivity contribution in [2.75, 3.05) is 36.9 Å². The van der Waals surface area contributed by atoms with Gasteiger partial charge in [-0.3, -0.25) is 14.4 Å². The molecule has 3 rings (SSSR count). The molecule has 25 heavy (non-hydrogen) atoms. The zero-order chi connectivity index (χ0) is 17.8. The number of nitrogens with zero attached hydrogens (tertiary/aromatic N) is 6. The summed E-state index contributed by atoms with van der Waals surface area (Å²) < 4.78 is 1.68. The first-order valence-corrected chi connectivity index (χ1v) is 8.56. The van der Waals surface area contributed by atoms with Crippen LogP contribution < -0.4 is 10.2 Å². The van der Waals surface area contributed by atoms with Gasteiger partial charge in [0.05, 0.1) is 12.2 Å². The lowest BCUT2D eigenvalue weighted by atomic mass is 10.2. The maximum Gasteiger partial charge on any atom is 0.239 e. The van der Waals surface area contributed by atoms with Crippen molar-refractivity contribution in [1.82, 2.24) is 24.9 Å². The minimum Gasteiger partial charge on any atom is -0.351 e. The molecule has 1 fully saturated rings. The molecule has 0 bridgehead atoms. The Bertz CT molecular complexity index is 715. The van der Waals surface area contributed by atoms with Crippen molar-refractivity contribution < 1.29 is 4.79 Å². The Labute approximate surface area is 147 Å². The molecule has 1 aliphatic heterocycles. The first kappa shape index (κ1) is 17.3. The number of hydrogen-bond acceptors (Lipinski definition) is 6. The lowest BCUT2D eigenvalue weighted by molar-refractivity contribution is -0.117. The number of aromatic nitrogens is 4. The Morgan fingerprint density at radius 3 is 3.00 bits per heavy atom. The van der Waals surface area contributed by atoms with Gasteiger partial charge in [0.15, 0.2) is 5.82 Å². The molecule has 2 aromatic rings. The predicted molar refractivity (Wildman–Crippen MR) is 96.5 cm³/mol. The van der Waals surface area contributed by atoms with Gasteiger partial charge in [-0.05, 0) is 38.9 Å². The minimum absolute atomic E-state index is 0.0328. The van der Waals surface area contributed by atoms with Crippen LogP contribution >= 0.6 is 0 Å². The van der Waals surface area contributed by atoms with E-state index in [4.69, 9.17) is 0 Å². The molecule has 0 unspecified atom stereocenters. The first-order valence-electron chi connectivity index (χ1n) is 8.56. The molecule has 2 aromatic heterocycles. The fourth-order valence-electron chi connectivity index (χ4n) is 3.35. The largest absolute Gasteiger partial charge is 0.351 e. The van der Waals surface area contributed by atoms with Gasteiger partial charge < -0.3 is 10.2 Å². The maximum absolute atomic E-state index is 12.3. The van der Waals surface area contributed by atoms with Gasteiger partial charge in [0.25, 0.3) is 0 Å². The molecule has 1 atom stereocenters. The SMILES string of the molecule is Cc1cc(NC(=O)CN(C)C[C@H]2CCCN2c2cccnn2)n(C)n1. The summed E-state index contributed by atoms with van der Waals surface area (Å²) in [5, 5.41) is 15.3. The predicted octanol–water partition coefficient (Wildman–Crippen LogP) is 1.06. The van der Waals surface area contributed by atoms with Crippen molar-refractivity contribution in [2.45, 2.75) is 25.8 Å². The van der Waals surface area contributed by atoms with E-state index in [2.05, 4.69) is 30.4 Å². The number of anilines is 2. The van der Waals surface area contributed by atoms with E-state index in [1.807, 2.05) is 39.2 Å². The Morgan fingerprint density at radius 2 is 2.32 bits per heavy atom. The third kappa shape index (κ3) is 4.33. The number of carbonyl (C=O) groups is 1. The van der Waals surface area contributed by atoms with Crippen LogP contribution in [0.5, 0.6) is 0 Å². The third-order valence-electron chi connectivity index (χ3n) is 4.44. The molecule has 0 aromatic carbocycles. The lowest BCUT2D eigenvalue weighted by Crippen LogP contribution is -2.42. The van der Waals surface area contributed by atoms with E-state index in [9.17, 15) is 4.79 Å². The lowest BCUT2D eigenvalue weighted by Gasteiger charge is -2.28. The molecule has 3 heterocycles. The number of aryl methyl sites for hydroxylation is 2. The molecule has 0 spiro atoms. The van der Waals surface area contributed by atoms with Crippen molar-refractivity contribution >= 4 is 17.5 Å². The van der Waals surface area contributed by atoms with Crippen LogP contribution in [0.4, 0.5) is 11.6 Å². The van der Waals surface area contributed by atoms with Crippen LogP contribution in [0.2, 0.25) is 0 Å². The van der Waals surface area contributed by atoms with Crippen molar-refractivity contribution in [1.29, 1.82) is 0 Å². The molecule has 0 radical (unpaired) electrons. The molecule has 134 valence electrons. The van der Waals surface area contributed by atoms with Gasteiger partial charge >= 0.3 is 0 Å². The summed E-state index contributed by atoms with van der Waals surface area (Å²) in [6.45, 7) is 4.05. The highest BCUT2D eigenvalue weighted by Gasteiger charge is 2.27. The number of nitrogens with one attached hydrogen (secondary N) is 1. The van der Waals surface area contributed by atoms with Crippen molar-refractivity contribution in [2.24, 2.45) is 7.05 Å². The standard InChI is InChI=1S/C17H25N7O/c1-13-10-16(23(3)21-13)19-17(25)12-22(2)11-14-6-5-9-24(14)15-7-4-8-18-20-15/h4,7-8,10,14H,5-6,9,11-12H2,1-3H3,(H,19,25)/t14-/m1/s1. The van der Waals surface area contributed by atoms with Gasteiger partial charge in [-0.1, -0.05) is 0 Å². The summed E-state index contributed by atoms with van der Waals surface area (Å²) in [6.07, 6.45) is 3.92. The van der Waals surface area contributed by atoms with E-state index in [1.54, 1.807) is 10.9 Å². The van der Waals surface area contributed by atoms with Crippen molar-refractivity contribution in [3.05, 3.63) is 30.1 Å².